The van der Waals surface area contributed by atoms with Gasteiger partial charge in [0, 0.05) is 12.0 Å². The number of ether oxygens (including phenoxy) is 3. The first-order valence-corrected chi connectivity index (χ1v) is 14.1. The molecule has 0 aliphatic carbocycles. The molecule has 9 heteroatoms. The van der Waals surface area contributed by atoms with Gasteiger partial charge in [0.05, 0.1) is 49.3 Å². The van der Waals surface area contributed by atoms with Gasteiger partial charge in [0.25, 0.3) is 0 Å². The average Bonchev–Trinajstić information content (AvgIpc) is 2.73. The Balaban J connectivity index is -0.000000252. The highest BCUT2D eigenvalue weighted by molar-refractivity contribution is 5.72. The van der Waals surface area contributed by atoms with E-state index < -0.39 is 28.9 Å². The van der Waals surface area contributed by atoms with Gasteiger partial charge in [0.1, 0.15) is 0 Å². The third-order valence-corrected chi connectivity index (χ3v) is 5.44. The van der Waals surface area contributed by atoms with Crippen molar-refractivity contribution in [3.05, 3.63) is 0 Å². The van der Waals surface area contributed by atoms with E-state index in [1.165, 1.54) is 12.8 Å². The molecule has 0 aliphatic rings. The summed E-state index contributed by atoms with van der Waals surface area (Å²) in [6.07, 6.45) is 3.53. The first-order chi connectivity index (χ1) is 17.5. The first-order valence-electron chi connectivity index (χ1n) is 14.1. The number of aliphatic carboxylic acids is 3. The maximum absolute atomic E-state index is 10.8. The number of carbonyl (C=O) groups is 3. The molecule has 0 saturated heterocycles. The predicted octanol–water partition coefficient (Wildman–Crippen LogP) is 7.69. The summed E-state index contributed by atoms with van der Waals surface area (Å²) in [7, 11) is 0. The average molecular weight is 581 g/mol. The summed E-state index contributed by atoms with van der Waals surface area (Å²) >= 11 is 0. The van der Waals surface area contributed by atoms with Crippen LogP contribution in [0, 0.1) is 11.3 Å². The molecule has 9 nitrogen and oxygen atoms in total. The van der Waals surface area contributed by atoms with Crippen molar-refractivity contribution in [2.45, 2.75) is 152 Å². The van der Waals surface area contributed by atoms with Crippen LogP contribution in [0.1, 0.15) is 135 Å². The molecule has 1 unspecified atom stereocenters. The second kappa shape index (κ2) is 22.0. The van der Waals surface area contributed by atoms with Gasteiger partial charge in [-0.05, 0) is 81.1 Å². The summed E-state index contributed by atoms with van der Waals surface area (Å²) in [4.78, 5) is 32.1. The van der Waals surface area contributed by atoms with Crippen LogP contribution in [0.5, 0.6) is 0 Å². The lowest BCUT2D eigenvalue weighted by atomic mass is 9.79. The minimum atomic E-state index is -0.995. The fourth-order valence-corrected chi connectivity index (χ4v) is 2.99. The lowest BCUT2D eigenvalue weighted by molar-refractivity contribution is -0.149. The molecule has 0 bridgehead atoms. The van der Waals surface area contributed by atoms with Gasteiger partial charge in [0.15, 0.2) is 0 Å². The van der Waals surface area contributed by atoms with Crippen LogP contribution in [0.25, 0.3) is 0 Å². The molecule has 0 rings (SSSR count). The van der Waals surface area contributed by atoms with Crippen LogP contribution in [-0.4, -0.2) is 69.9 Å². The van der Waals surface area contributed by atoms with Gasteiger partial charge < -0.3 is 29.5 Å². The van der Waals surface area contributed by atoms with E-state index in [1.807, 2.05) is 48.5 Å². The Morgan fingerprint density at radius 1 is 0.675 bits per heavy atom. The van der Waals surface area contributed by atoms with E-state index in [0.29, 0.717) is 13.0 Å². The molecule has 0 radical (unpaired) electrons. The molecule has 0 aromatic carbocycles. The summed E-state index contributed by atoms with van der Waals surface area (Å²) in [5, 5.41) is 26.3. The molecule has 0 aliphatic heterocycles. The first kappa shape index (κ1) is 45.3. The molecule has 0 spiro atoms. The van der Waals surface area contributed by atoms with Crippen LogP contribution in [0.15, 0.2) is 0 Å². The number of hydrogen-bond donors (Lipinski definition) is 3. The molecule has 40 heavy (non-hydrogen) atoms. The standard InChI is InChI=1S/C12H22O5.C10H20O3.C8H18O.CH4/c1-5-12(6-9(13)14,7-10(15)16)8-17-11(2,3)4;1-5-8(6-9(11)12)7-13-10(2,3)4;1-5-6-7-9-8(2,3)4;/h5-8H2,1-4H3,(H,13,14)(H,15,16);8H,5-7H2,1-4H3,(H,11,12);5-7H2,1-4H3;1H4. The third kappa shape index (κ3) is 34.3. The molecule has 3 N–H and O–H groups in total. The van der Waals surface area contributed by atoms with Gasteiger partial charge in [-0.15, -0.1) is 0 Å². The molecule has 0 heterocycles. The summed E-state index contributed by atoms with van der Waals surface area (Å²) in [5.74, 6) is -2.60. The third-order valence-electron chi connectivity index (χ3n) is 5.44. The van der Waals surface area contributed by atoms with Crippen LogP contribution in [0.2, 0.25) is 0 Å². The summed E-state index contributed by atoms with van der Waals surface area (Å²) in [6.45, 7) is 25.3. The molecule has 242 valence electrons. The molecule has 1 atom stereocenters. The van der Waals surface area contributed by atoms with Crippen molar-refractivity contribution in [3.8, 4) is 0 Å². The number of rotatable bonds is 15. The minimum Gasteiger partial charge on any atom is -0.481 e. The van der Waals surface area contributed by atoms with E-state index in [0.717, 1.165) is 13.0 Å². The summed E-state index contributed by atoms with van der Waals surface area (Å²) < 4.78 is 16.6. The monoisotopic (exact) mass is 580 g/mol. The lowest BCUT2D eigenvalue weighted by Crippen LogP contribution is -2.35. The van der Waals surface area contributed by atoms with Crippen LogP contribution in [0.4, 0.5) is 0 Å². The van der Waals surface area contributed by atoms with Gasteiger partial charge in [-0.25, -0.2) is 0 Å². The zero-order valence-corrected chi connectivity index (χ0v) is 26.9. The Morgan fingerprint density at radius 3 is 1.38 bits per heavy atom. The largest absolute Gasteiger partial charge is 0.481 e. The van der Waals surface area contributed by atoms with Gasteiger partial charge >= 0.3 is 17.9 Å². The Kier molecular flexibility index (Phi) is 24.9. The summed E-state index contributed by atoms with van der Waals surface area (Å²) in [5.41, 5.74) is -1.36. The van der Waals surface area contributed by atoms with Crippen LogP contribution < -0.4 is 0 Å². The smallest absolute Gasteiger partial charge is 0.304 e. The van der Waals surface area contributed by atoms with Crippen molar-refractivity contribution in [3.63, 3.8) is 0 Å². The van der Waals surface area contributed by atoms with Gasteiger partial charge in [-0.3, -0.25) is 14.4 Å². The van der Waals surface area contributed by atoms with Crippen molar-refractivity contribution >= 4 is 17.9 Å². The maximum Gasteiger partial charge on any atom is 0.304 e. The zero-order chi connectivity index (χ0) is 31.5. The van der Waals surface area contributed by atoms with E-state index in [9.17, 15) is 14.4 Å². The normalized spacial score (nSPS) is 12.6. The number of unbranched alkanes of at least 4 members (excludes halogenated alkanes) is 1. The summed E-state index contributed by atoms with van der Waals surface area (Å²) in [6, 6.07) is 0. The second-order valence-electron chi connectivity index (χ2n) is 13.0. The van der Waals surface area contributed by atoms with Crippen molar-refractivity contribution in [1.29, 1.82) is 0 Å². The Morgan fingerprint density at radius 2 is 1.10 bits per heavy atom. The number of hydrogen-bond acceptors (Lipinski definition) is 6. The highest BCUT2D eigenvalue weighted by Crippen LogP contribution is 2.33. The quantitative estimate of drug-likeness (QED) is 0.166. The van der Waals surface area contributed by atoms with Crippen LogP contribution >= 0.6 is 0 Å². The second-order valence-corrected chi connectivity index (χ2v) is 13.0. The minimum absolute atomic E-state index is 0. The highest BCUT2D eigenvalue weighted by atomic mass is 16.5. The predicted molar refractivity (Wildman–Crippen MR) is 162 cm³/mol. The molecule has 0 saturated carbocycles. The molecular weight excluding hydrogens is 516 g/mol. The number of carboxylic acid groups (broad SMARTS) is 3. The van der Waals surface area contributed by atoms with Gasteiger partial charge in [-0.2, -0.15) is 0 Å². The Bertz CT molecular complexity index is 652. The zero-order valence-electron chi connectivity index (χ0n) is 26.9. The maximum atomic E-state index is 10.8. The highest BCUT2D eigenvalue weighted by Gasteiger charge is 2.35. The van der Waals surface area contributed by atoms with E-state index in [4.69, 9.17) is 29.5 Å². The lowest BCUT2D eigenvalue weighted by Gasteiger charge is -2.33. The Hall–Kier alpha value is -1.71. The van der Waals surface area contributed by atoms with Crippen molar-refractivity contribution in [2.75, 3.05) is 19.8 Å². The Labute approximate surface area is 245 Å². The van der Waals surface area contributed by atoms with Gasteiger partial charge in [-0.1, -0.05) is 41.0 Å². The van der Waals surface area contributed by atoms with E-state index in [1.54, 1.807) is 6.92 Å². The van der Waals surface area contributed by atoms with Crippen LogP contribution in [-0.2, 0) is 28.6 Å². The molecule has 0 amide bonds. The SMILES string of the molecule is C.CCC(COC(C)(C)C)(CC(=O)O)CC(=O)O.CCC(COC(C)(C)C)CC(=O)O.CCCCOC(C)(C)C. The topological polar surface area (TPSA) is 140 Å². The fraction of sp³-hybridized carbons (Fsp3) is 0.903. The molecule has 0 aromatic heterocycles. The molecule has 0 fully saturated rings. The van der Waals surface area contributed by atoms with Crippen LogP contribution in [0.3, 0.4) is 0 Å². The van der Waals surface area contributed by atoms with E-state index in [2.05, 4.69) is 27.7 Å². The number of carboxylic acids is 3. The molecular formula is C31H64O9. The van der Waals surface area contributed by atoms with Crippen molar-refractivity contribution in [1.82, 2.24) is 0 Å². The molecule has 0 aromatic rings. The van der Waals surface area contributed by atoms with Gasteiger partial charge in [0.2, 0.25) is 0 Å². The van der Waals surface area contributed by atoms with Crippen molar-refractivity contribution in [2.24, 2.45) is 11.3 Å². The van der Waals surface area contributed by atoms with E-state index >= 15 is 0 Å². The fourth-order valence-electron chi connectivity index (χ4n) is 2.99. The van der Waals surface area contributed by atoms with Crippen molar-refractivity contribution < 1.29 is 43.9 Å². The van der Waals surface area contributed by atoms with E-state index in [-0.39, 0.29) is 50.4 Å².